The van der Waals surface area contributed by atoms with Crippen molar-refractivity contribution < 1.29 is 4.79 Å². The summed E-state index contributed by atoms with van der Waals surface area (Å²) in [4.78, 5) is 12.3. The first kappa shape index (κ1) is 14.1. The average molecular weight is 293 g/mol. The highest BCUT2D eigenvalue weighted by atomic mass is 35.5. The summed E-state index contributed by atoms with van der Waals surface area (Å²) < 4.78 is 0. The molecule has 1 nitrogen and oxygen atoms in total. The van der Waals surface area contributed by atoms with E-state index in [1.165, 1.54) is 0 Å². The van der Waals surface area contributed by atoms with Gasteiger partial charge >= 0.3 is 0 Å². The fourth-order valence-corrected chi connectivity index (χ4v) is 2.35. The van der Waals surface area contributed by atoms with Gasteiger partial charge in [0.25, 0.3) is 0 Å². The average Bonchev–Trinajstić information content (AvgIpc) is 2.46. The number of hydrogen-bond donors (Lipinski definition) is 0. The van der Waals surface area contributed by atoms with Crippen LogP contribution in [0.5, 0.6) is 0 Å². The topological polar surface area (TPSA) is 17.1 Å². The Balaban J connectivity index is 2.17. The predicted molar refractivity (Wildman–Crippen MR) is 80.2 cm³/mol. The molecule has 2 aromatic rings. The standard InChI is InChI=1S/C16H14Cl2O/c1-11-7-9-13(10-8-11)16(19)15(18)14(17)12-5-3-2-4-6-12/h2-10,14-15H,1H3/t14-,15+/m0/s1. The minimum Gasteiger partial charge on any atom is -0.292 e. The van der Waals surface area contributed by atoms with Gasteiger partial charge in [-0.3, -0.25) is 4.79 Å². The van der Waals surface area contributed by atoms with E-state index in [0.717, 1.165) is 11.1 Å². The van der Waals surface area contributed by atoms with Crippen molar-refractivity contribution in [3.63, 3.8) is 0 Å². The van der Waals surface area contributed by atoms with Crippen molar-refractivity contribution in [2.24, 2.45) is 0 Å². The van der Waals surface area contributed by atoms with Crippen molar-refractivity contribution in [3.05, 3.63) is 71.3 Å². The first-order valence-electron chi connectivity index (χ1n) is 6.03. The van der Waals surface area contributed by atoms with E-state index >= 15 is 0 Å². The quantitative estimate of drug-likeness (QED) is 0.586. The molecule has 19 heavy (non-hydrogen) atoms. The van der Waals surface area contributed by atoms with Gasteiger partial charge in [0.2, 0.25) is 0 Å². The molecule has 0 saturated carbocycles. The summed E-state index contributed by atoms with van der Waals surface area (Å²) in [7, 11) is 0. The molecule has 0 amide bonds. The van der Waals surface area contributed by atoms with Gasteiger partial charge in [-0.05, 0) is 12.5 Å². The molecule has 0 radical (unpaired) electrons. The Bertz CT molecular complexity index is 549. The Labute approximate surface area is 123 Å². The summed E-state index contributed by atoms with van der Waals surface area (Å²) >= 11 is 12.5. The largest absolute Gasteiger partial charge is 0.292 e. The number of halogens is 2. The molecular formula is C16H14Cl2O. The Morgan fingerprint density at radius 3 is 2.11 bits per heavy atom. The van der Waals surface area contributed by atoms with Crippen LogP contribution in [0.3, 0.4) is 0 Å². The molecule has 0 heterocycles. The first-order chi connectivity index (χ1) is 9.09. The molecule has 0 aliphatic rings. The minimum atomic E-state index is -0.772. The van der Waals surface area contributed by atoms with Crippen LogP contribution in [0.4, 0.5) is 0 Å². The van der Waals surface area contributed by atoms with Crippen molar-refractivity contribution in [2.75, 3.05) is 0 Å². The molecule has 0 aliphatic carbocycles. The van der Waals surface area contributed by atoms with E-state index in [2.05, 4.69) is 0 Å². The van der Waals surface area contributed by atoms with E-state index in [0.29, 0.717) is 5.56 Å². The fourth-order valence-electron chi connectivity index (χ4n) is 1.82. The normalized spacial score (nSPS) is 13.8. The second kappa shape index (κ2) is 6.23. The summed E-state index contributed by atoms with van der Waals surface area (Å²) in [6.45, 7) is 1.97. The molecular weight excluding hydrogens is 279 g/mol. The number of aryl methyl sites for hydroxylation is 1. The summed E-state index contributed by atoms with van der Waals surface area (Å²) in [5.41, 5.74) is 2.55. The molecule has 0 unspecified atom stereocenters. The molecule has 2 rings (SSSR count). The maximum absolute atomic E-state index is 12.3. The lowest BCUT2D eigenvalue weighted by atomic mass is 10.0. The van der Waals surface area contributed by atoms with Crippen molar-refractivity contribution in [3.8, 4) is 0 Å². The number of rotatable bonds is 4. The number of hydrogen-bond acceptors (Lipinski definition) is 1. The predicted octanol–water partition coefficient (Wildman–Crippen LogP) is 4.77. The molecule has 0 aliphatic heterocycles. The lowest BCUT2D eigenvalue weighted by Gasteiger charge is -2.15. The molecule has 0 fully saturated rings. The van der Waals surface area contributed by atoms with Gasteiger partial charge in [0, 0.05) is 5.56 Å². The van der Waals surface area contributed by atoms with Crippen molar-refractivity contribution in [1.29, 1.82) is 0 Å². The Hall–Kier alpha value is -1.31. The summed E-state index contributed by atoms with van der Waals surface area (Å²) in [5, 5.41) is -1.30. The first-order valence-corrected chi connectivity index (χ1v) is 6.91. The third-order valence-corrected chi connectivity index (χ3v) is 4.04. The van der Waals surface area contributed by atoms with Crippen LogP contribution in [0.25, 0.3) is 0 Å². The highest BCUT2D eigenvalue weighted by Gasteiger charge is 2.26. The number of carbonyl (C=O) groups excluding carboxylic acids is 1. The number of Topliss-reactive ketones (excluding diaryl/α,β-unsaturated/α-hetero) is 1. The summed E-state index contributed by atoms with van der Waals surface area (Å²) in [6.07, 6.45) is 0. The van der Waals surface area contributed by atoms with Crippen LogP contribution < -0.4 is 0 Å². The van der Waals surface area contributed by atoms with Gasteiger partial charge in [0.05, 0.1) is 5.38 Å². The molecule has 0 N–H and O–H groups in total. The maximum Gasteiger partial charge on any atom is 0.182 e. The van der Waals surface area contributed by atoms with Gasteiger partial charge in [-0.15, -0.1) is 23.2 Å². The second-order valence-electron chi connectivity index (χ2n) is 4.44. The molecule has 98 valence electrons. The number of carbonyl (C=O) groups is 1. The lowest BCUT2D eigenvalue weighted by molar-refractivity contribution is 0.0985. The van der Waals surface area contributed by atoms with Crippen LogP contribution >= 0.6 is 23.2 Å². The minimum absolute atomic E-state index is 0.148. The highest BCUT2D eigenvalue weighted by molar-refractivity contribution is 6.39. The third-order valence-electron chi connectivity index (χ3n) is 2.96. The van der Waals surface area contributed by atoms with E-state index in [1.54, 1.807) is 12.1 Å². The van der Waals surface area contributed by atoms with Gasteiger partial charge in [-0.2, -0.15) is 0 Å². The molecule has 0 spiro atoms. The van der Waals surface area contributed by atoms with Crippen molar-refractivity contribution in [2.45, 2.75) is 17.7 Å². The Kier molecular flexibility index (Phi) is 4.62. The third kappa shape index (κ3) is 3.37. The second-order valence-corrected chi connectivity index (χ2v) is 5.38. The zero-order valence-electron chi connectivity index (χ0n) is 10.5. The summed E-state index contributed by atoms with van der Waals surface area (Å²) in [6, 6.07) is 16.7. The molecule has 0 aromatic heterocycles. The van der Waals surface area contributed by atoms with Crippen LogP contribution in [0.1, 0.15) is 26.9 Å². The monoisotopic (exact) mass is 292 g/mol. The number of ketones is 1. The maximum atomic E-state index is 12.3. The van der Waals surface area contributed by atoms with Gasteiger partial charge < -0.3 is 0 Å². The van der Waals surface area contributed by atoms with Crippen LogP contribution in [-0.2, 0) is 0 Å². The van der Waals surface area contributed by atoms with E-state index in [9.17, 15) is 4.79 Å². The zero-order valence-corrected chi connectivity index (χ0v) is 12.0. The molecule has 2 atom stereocenters. The van der Waals surface area contributed by atoms with E-state index < -0.39 is 10.8 Å². The summed E-state index contributed by atoms with van der Waals surface area (Å²) in [5.74, 6) is -0.148. The van der Waals surface area contributed by atoms with Gasteiger partial charge in [-0.1, -0.05) is 60.2 Å². The highest BCUT2D eigenvalue weighted by Crippen LogP contribution is 2.30. The van der Waals surface area contributed by atoms with Gasteiger partial charge in [-0.25, -0.2) is 0 Å². The molecule has 0 saturated heterocycles. The van der Waals surface area contributed by atoms with Gasteiger partial charge in [0.1, 0.15) is 5.38 Å². The van der Waals surface area contributed by atoms with Gasteiger partial charge in [0.15, 0.2) is 5.78 Å². The van der Waals surface area contributed by atoms with Crippen LogP contribution in [0.15, 0.2) is 54.6 Å². The van der Waals surface area contributed by atoms with Crippen LogP contribution in [-0.4, -0.2) is 11.2 Å². The van der Waals surface area contributed by atoms with E-state index in [-0.39, 0.29) is 5.78 Å². The van der Waals surface area contributed by atoms with E-state index in [1.807, 2.05) is 49.4 Å². The molecule has 3 heteroatoms. The molecule has 2 aromatic carbocycles. The van der Waals surface area contributed by atoms with Crippen LogP contribution in [0, 0.1) is 6.92 Å². The fraction of sp³-hybridized carbons (Fsp3) is 0.188. The Morgan fingerprint density at radius 2 is 1.53 bits per heavy atom. The Morgan fingerprint density at radius 1 is 0.947 bits per heavy atom. The van der Waals surface area contributed by atoms with Crippen molar-refractivity contribution in [1.82, 2.24) is 0 Å². The number of benzene rings is 2. The SMILES string of the molecule is Cc1ccc(C(=O)[C@H](Cl)[C@@H](Cl)c2ccccc2)cc1. The van der Waals surface area contributed by atoms with Crippen LogP contribution in [0.2, 0.25) is 0 Å². The smallest absolute Gasteiger partial charge is 0.182 e. The van der Waals surface area contributed by atoms with Crippen molar-refractivity contribution >= 4 is 29.0 Å². The lowest BCUT2D eigenvalue weighted by Crippen LogP contribution is -2.20. The molecule has 0 bridgehead atoms. The van der Waals surface area contributed by atoms with E-state index in [4.69, 9.17) is 23.2 Å². The number of alkyl halides is 2. The zero-order chi connectivity index (χ0) is 13.8.